The molecule has 3 aromatic carbocycles. The SMILES string of the molecule is CCc1ccccc1NC(=O)CN1C(=O)N/C(=C/c2ccc(-c3ccccc3)cc2)C1=O. The van der Waals surface area contributed by atoms with Gasteiger partial charge in [0.1, 0.15) is 12.2 Å². The van der Waals surface area contributed by atoms with Gasteiger partial charge in [0.15, 0.2) is 0 Å². The van der Waals surface area contributed by atoms with E-state index in [9.17, 15) is 14.4 Å². The van der Waals surface area contributed by atoms with Crippen LogP contribution in [0, 0.1) is 0 Å². The molecule has 1 saturated heterocycles. The molecule has 6 nitrogen and oxygen atoms in total. The fourth-order valence-electron chi connectivity index (χ4n) is 3.57. The Morgan fingerprint density at radius 3 is 2.28 bits per heavy atom. The molecule has 32 heavy (non-hydrogen) atoms. The van der Waals surface area contributed by atoms with Gasteiger partial charge in [-0.3, -0.25) is 9.59 Å². The van der Waals surface area contributed by atoms with E-state index in [1.807, 2.05) is 79.7 Å². The summed E-state index contributed by atoms with van der Waals surface area (Å²) in [6, 6.07) is 24.5. The number of para-hydroxylation sites is 1. The molecule has 0 atom stereocenters. The zero-order valence-electron chi connectivity index (χ0n) is 17.7. The molecule has 0 bridgehead atoms. The molecule has 1 fully saturated rings. The van der Waals surface area contributed by atoms with E-state index in [4.69, 9.17) is 0 Å². The topological polar surface area (TPSA) is 78.5 Å². The number of nitrogens with zero attached hydrogens (tertiary/aromatic N) is 1. The number of nitrogens with one attached hydrogen (secondary N) is 2. The summed E-state index contributed by atoms with van der Waals surface area (Å²) in [6.45, 7) is 1.64. The number of benzene rings is 3. The smallest absolute Gasteiger partial charge is 0.324 e. The number of rotatable bonds is 6. The van der Waals surface area contributed by atoms with E-state index in [0.717, 1.165) is 33.6 Å². The second kappa shape index (κ2) is 9.31. The molecular formula is C26H23N3O3. The lowest BCUT2D eigenvalue weighted by atomic mass is 10.0. The lowest BCUT2D eigenvalue weighted by molar-refractivity contribution is -0.127. The van der Waals surface area contributed by atoms with Crippen molar-refractivity contribution < 1.29 is 14.4 Å². The highest BCUT2D eigenvalue weighted by Gasteiger charge is 2.34. The van der Waals surface area contributed by atoms with Gasteiger partial charge in [0.2, 0.25) is 5.91 Å². The number of aryl methyl sites for hydroxylation is 1. The van der Waals surface area contributed by atoms with Crippen LogP contribution in [-0.4, -0.2) is 29.3 Å². The number of hydrogen-bond acceptors (Lipinski definition) is 3. The van der Waals surface area contributed by atoms with Gasteiger partial charge < -0.3 is 10.6 Å². The maximum absolute atomic E-state index is 12.7. The summed E-state index contributed by atoms with van der Waals surface area (Å²) in [4.78, 5) is 38.4. The van der Waals surface area contributed by atoms with Crippen molar-refractivity contribution in [2.75, 3.05) is 11.9 Å². The Hall–Kier alpha value is -4.19. The standard InChI is InChI=1S/C26H23N3O3/c1-2-19-8-6-7-11-22(19)27-24(30)17-29-25(31)23(28-26(29)32)16-18-12-14-21(15-13-18)20-9-4-3-5-10-20/h3-16H,2,17H2,1H3,(H,27,30)(H,28,32)/b23-16+. The van der Waals surface area contributed by atoms with Crippen LogP contribution in [0.15, 0.2) is 84.6 Å². The molecule has 1 aliphatic heterocycles. The van der Waals surface area contributed by atoms with Gasteiger partial charge in [-0.25, -0.2) is 9.69 Å². The second-order valence-corrected chi connectivity index (χ2v) is 7.43. The maximum atomic E-state index is 12.7. The van der Waals surface area contributed by atoms with Crippen molar-refractivity contribution in [2.45, 2.75) is 13.3 Å². The van der Waals surface area contributed by atoms with E-state index in [-0.39, 0.29) is 12.2 Å². The Bertz CT molecular complexity index is 1180. The predicted octanol–water partition coefficient (Wildman–Crippen LogP) is 4.45. The Kier molecular flexibility index (Phi) is 6.12. The van der Waals surface area contributed by atoms with E-state index in [1.54, 1.807) is 12.1 Å². The molecule has 4 amide bonds. The van der Waals surface area contributed by atoms with Crippen LogP contribution in [0.1, 0.15) is 18.1 Å². The summed E-state index contributed by atoms with van der Waals surface area (Å²) >= 11 is 0. The fourth-order valence-corrected chi connectivity index (χ4v) is 3.57. The van der Waals surface area contributed by atoms with Crippen molar-refractivity contribution >= 4 is 29.6 Å². The first kappa shape index (κ1) is 21.1. The first-order chi connectivity index (χ1) is 15.5. The normalized spacial score (nSPS) is 14.5. The minimum Gasteiger partial charge on any atom is -0.324 e. The molecule has 0 radical (unpaired) electrons. The number of anilines is 1. The van der Waals surface area contributed by atoms with E-state index < -0.39 is 17.8 Å². The van der Waals surface area contributed by atoms with E-state index in [1.165, 1.54) is 0 Å². The quantitative estimate of drug-likeness (QED) is 0.452. The minimum atomic E-state index is -0.610. The lowest BCUT2D eigenvalue weighted by Gasteiger charge is -2.13. The van der Waals surface area contributed by atoms with Crippen LogP contribution in [0.5, 0.6) is 0 Å². The van der Waals surface area contributed by atoms with Crippen LogP contribution in [0.4, 0.5) is 10.5 Å². The zero-order chi connectivity index (χ0) is 22.5. The van der Waals surface area contributed by atoms with Gasteiger partial charge in [-0.2, -0.15) is 0 Å². The molecule has 4 rings (SSSR count). The minimum absolute atomic E-state index is 0.143. The predicted molar refractivity (Wildman–Crippen MR) is 125 cm³/mol. The van der Waals surface area contributed by atoms with Crippen LogP contribution in [0.2, 0.25) is 0 Å². The van der Waals surface area contributed by atoms with Gasteiger partial charge in [0.05, 0.1) is 0 Å². The second-order valence-electron chi connectivity index (χ2n) is 7.43. The third-order valence-electron chi connectivity index (χ3n) is 5.27. The Labute approximate surface area is 186 Å². The molecule has 0 aromatic heterocycles. The summed E-state index contributed by atoms with van der Waals surface area (Å²) in [5.41, 5.74) is 4.73. The zero-order valence-corrected chi connectivity index (χ0v) is 17.7. The van der Waals surface area contributed by atoms with Gasteiger partial charge in [-0.15, -0.1) is 0 Å². The largest absolute Gasteiger partial charge is 0.329 e. The van der Waals surface area contributed by atoms with E-state index in [2.05, 4.69) is 10.6 Å². The number of amides is 4. The van der Waals surface area contributed by atoms with Crippen LogP contribution in [-0.2, 0) is 16.0 Å². The third kappa shape index (κ3) is 4.59. The molecule has 160 valence electrons. The summed E-state index contributed by atoms with van der Waals surface area (Å²) in [7, 11) is 0. The highest BCUT2D eigenvalue weighted by molar-refractivity contribution is 6.16. The van der Waals surface area contributed by atoms with Crippen molar-refractivity contribution in [3.63, 3.8) is 0 Å². The van der Waals surface area contributed by atoms with Gasteiger partial charge in [0, 0.05) is 5.69 Å². The monoisotopic (exact) mass is 425 g/mol. The number of urea groups is 1. The Balaban J connectivity index is 1.44. The van der Waals surface area contributed by atoms with Gasteiger partial charge in [-0.1, -0.05) is 79.7 Å². The average Bonchev–Trinajstić information content (AvgIpc) is 3.07. The van der Waals surface area contributed by atoms with Crippen LogP contribution in [0.25, 0.3) is 17.2 Å². The summed E-state index contributed by atoms with van der Waals surface area (Å²) in [5.74, 6) is -0.955. The van der Waals surface area contributed by atoms with E-state index in [0.29, 0.717) is 5.69 Å². The maximum Gasteiger partial charge on any atom is 0.329 e. The number of imide groups is 1. The molecule has 0 aliphatic carbocycles. The highest BCUT2D eigenvalue weighted by Crippen LogP contribution is 2.21. The van der Waals surface area contributed by atoms with Gasteiger partial charge in [0.25, 0.3) is 5.91 Å². The van der Waals surface area contributed by atoms with Crippen LogP contribution >= 0.6 is 0 Å². The van der Waals surface area contributed by atoms with Crippen molar-refractivity contribution in [2.24, 2.45) is 0 Å². The van der Waals surface area contributed by atoms with Crippen LogP contribution < -0.4 is 10.6 Å². The molecule has 2 N–H and O–H groups in total. The van der Waals surface area contributed by atoms with Gasteiger partial charge >= 0.3 is 6.03 Å². The molecule has 0 spiro atoms. The number of carbonyl (C=O) groups is 3. The molecular weight excluding hydrogens is 402 g/mol. The Morgan fingerprint density at radius 1 is 0.906 bits per heavy atom. The van der Waals surface area contributed by atoms with Crippen molar-refractivity contribution in [1.82, 2.24) is 10.2 Å². The number of hydrogen-bond donors (Lipinski definition) is 2. The first-order valence-corrected chi connectivity index (χ1v) is 10.4. The summed E-state index contributed by atoms with van der Waals surface area (Å²) < 4.78 is 0. The molecule has 1 aliphatic rings. The third-order valence-corrected chi connectivity index (χ3v) is 5.27. The first-order valence-electron chi connectivity index (χ1n) is 10.4. The van der Waals surface area contributed by atoms with Crippen molar-refractivity contribution in [1.29, 1.82) is 0 Å². The highest BCUT2D eigenvalue weighted by atomic mass is 16.2. The Morgan fingerprint density at radius 2 is 1.56 bits per heavy atom. The van der Waals surface area contributed by atoms with Crippen molar-refractivity contribution in [3.05, 3.63) is 95.7 Å². The lowest BCUT2D eigenvalue weighted by Crippen LogP contribution is -2.38. The molecule has 1 heterocycles. The summed E-state index contributed by atoms with van der Waals surface area (Å²) in [6.07, 6.45) is 2.37. The average molecular weight is 425 g/mol. The molecule has 6 heteroatoms. The fraction of sp³-hybridized carbons (Fsp3) is 0.115. The van der Waals surface area contributed by atoms with Gasteiger partial charge in [-0.05, 0) is 40.8 Å². The van der Waals surface area contributed by atoms with E-state index >= 15 is 0 Å². The van der Waals surface area contributed by atoms with Crippen molar-refractivity contribution in [3.8, 4) is 11.1 Å². The molecule has 0 unspecified atom stereocenters. The molecule has 3 aromatic rings. The van der Waals surface area contributed by atoms with Crippen LogP contribution in [0.3, 0.4) is 0 Å². The molecule has 0 saturated carbocycles. The summed E-state index contributed by atoms with van der Waals surface area (Å²) in [5, 5.41) is 5.34. The number of carbonyl (C=O) groups excluding carboxylic acids is 3.